The van der Waals surface area contributed by atoms with Crippen LogP contribution in [0.15, 0.2) is 42.5 Å². The van der Waals surface area contributed by atoms with Gasteiger partial charge in [0.05, 0.1) is 30.3 Å². The van der Waals surface area contributed by atoms with Crippen LogP contribution in [0.2, 0.25) is 0 Å². The van der Waals surface area contributed by atoms with E-state index in [0.29, 0.717) is 32.1 Å². The molecule has 0 aromatic heterocycles. The lowest BCUT2D eigenvalue weighted by Crippen LogP contribution is -2.58. The maximum absolute atomic E-state index is 15.1. The maximum Gasteiger partial charge on any atom is 0.340 e. The Balaban J connectivity index is 1.42. The van der Waals surface area contributed by atoms with Crippen molar-refractivity contribution in [3.05, 3.63) is 59.4 Å². The number of esters is 1. The molecule has 2 amide bonds. The van der Waals surface area contributed by atoms with E-state index in [-0.39, 0.29) is 29.9 Å². The van der Waals surface area contributed by atoms with Gasteiger partial charge in [0.1, 0.15) is 6.61 Å². The number of hydrogen-bond acceptors (Lipinski definition) is 6. The van der Waals surface area contributed by atoms with Crippen LogP contribution in [0.3, 0.4) is 0 Å². The summed E-state index contributed by atoms with van der Waals surface area (Å²) in [4.78, 5) is 31.9. The van der Waals surface area contributed by atoms with Gasteiger partial charge in [-0.3, -0.25) is 4.90 Å². The zero-order valence-corrected chi connectivity index (χ0v) is 18.3. The molecule has 8 nitrogen and oxygen atoms in total. The van der Waals surface area contributed by atoms with E-state index in [9.17, 15) is 9.59 Å². The minimum absolute atomic E-state index is 0.00957. The second-order valence-corrected chi connectivity index (χ2v) is 8.36. The molecule has 2 aromatic rings. The number of rotatable bonds is 5. The van der Waals surface area contributed by atoms with E-state index < -0.39 is 11.8 Å². The summed E-state index contributed by atoms with van der Waals surface area (Å²) < 4.78 is 20.4. The summed E-state index contributed by atoms with van der Waals surface area (Å²) in [7, 11) is 3.54. The van der Waals surface area contributed by atoms with Gasteiger partial charge in [0, 0.05) is 33.2 Å². The molecule has 2 saturated heterocycles. The summed E-state index contributed by atoms with van der Waals surface area (Å²) in [5.41, 5.74) is 7.03. The Labute approximate surface area is 186 Å². The first-order chi connectivity index (χ1) is 15.3. The zero-order chi connectivity index (χ0) is 22.8. The molecular weight excluding hydrogens is 413 g/mol. The molecule has 0 aliphatic carbocycles. The fraction of sp³-hybridized carbons (Fsp3) is 0.391. The fourth-order valence-corrected chi connectivity index (χ4v) is 4.30. The number of carbonyl (C=O) groups is 2. The number of nitrogens with two attached hydrogens (primary N) is 1. The van der Waals surface area contributed by atoms with Gasteiger partial charge in [-0.05, 0) is 24.1 Å². The molecule has 0 radical (unpaired) electrons. The lowest BCUT2D eigenvalue weighted by atomic mass is 10.1. The van der Waals surface area contributed by atoms with Gasteiger partial charge in [-0.1, -0.05) is 30.3 Å². The number of benzene rings is 2. The van der Waals surface area contributed by atoms with E-state index in [1.54, 1.807) is 30.0 Å². The summed E-state index contributed by atoms with van der Waals surface area (Å²) >= 11 is 0. The third-order valence-electron chi connectivity index (χ3n) is 6.05. The number of amides is 2. The van der Waals surface area contributed by atoms with Crippen molar-refractivity contribution >= 4 is 23.4 Å². The highest BCUT2D eigenvalue weighted by atomic mass is 19.1. The minimum atomic E-state index is -0.653. The van der Waals surface area contributed by atoms with Crippen molar-refractivity contribution in [3.8, 4) is 0 Å². The average Bonchev–Trinajstić information content (AvgIpc) is 3.28. The first kappa shape index (κ1) is 21.9. The zero-order valence-electron chi connectivity index (χ0n) is 18.3. The van der Waals surface area contributed by atoms with Gasteiger partial charge in [-0.15, -0.1) is 0 Å². The molecule has 2 aromatic carbocycles. The van der Waals surface area contributed by atoms with E-state index >= 15 is 4.39 Å². The number of hydrogen-bond donors (Lipinski definition) is 1. The molecule has 2 heterocycles. The van der Waals surface area contributed by atoms with E-state index in [1.807, 2.05) is 35.2 Å². The summed E-state index contributed by atoms with van der Waals surface area (Å²) in [6, 6.07) is 12.6. The van der Waals surface area contributed by atoms with Crippen LogP contribution in [-0.4, -0.2) is 73.3 Å². The molecular formula is C23H28FN5O3. The van der Waals surface area contributed by atoms with Gasteiger partial charge in [-0.2, -0.15) is 0 Å². The van der Waals surface area contributed by atoms with Gasteiger partial charge >= 0.3 is 12.0 Å². The Morgan fingerprint density at radius 3 is 2.50 bits per heavy atom. The van der Waals surface area contributed by atoms with Crippen molar-refractivity contribution in [2.75, 3.05) is 51.2 Å². The van der Waals surface area contributed by atoms with Crippen LogP contribution in [-0.2, 0) is 11.3 Å². The molecule has 170 valence electrons. The van der Waals surface area contributed by atoms with Crippen LogP contribution in [0, 0.1) is 5.82 Å². The maximum atomic E-state index is 15.1. The second kappa shape index (κ2) is 9.04. The Morgan fingerprint density at radius 1 is 1.12 bits per heavy atom. The number of carbonyl (C=O) groups excluding carboxylic acids is 2. The highest BCUT2D eigenvalue weighted by Gasteiger charge is 2.35. The largest absolute Gasteiger partial charge is 0.457 e. The summed E-state index contributed by atoms with van der Waals surface area (Å²) in [5.74, 6) is -1.26. The molecule has 1 atom stereocenters. The monoisotopic (exact) mass is 441 g/mol. The second-order valence-electron chi connectivity index (χ2n) is 8.36. The number of nitrogen functional groups attached to an aromatic ring is 1. The number of halogens is 1. The lowest BCUT2D eigenvalue weighted by molar-refractivity contribution is 0.0331. The Morgan fingerprint density at radius 2 is 1.81 bits per heavy atom. The molecule has 2 aliphatic heterocycles. The van der Waals surface area contributed by atoms with Crippen molar-refractivity contribution < 1.29 is 18.7 Å². The first-order valence-electron chi connectivity index (χ1n) is 10.6. The first-order valence-corrected chi connectivity index (χ1v) is 10.6. The number of ether oxygens (including phenoxy) is 1. The Bertz CT molecular complexity index is 989. The molecule has 2 fully saturated rings. The number of nitrogens with zero attached hydrogens (tertiary/aromatic N) is 4. The van der Waals surface area contributed by atoms with Gasteiger partial charge in [0.25, 0.3) is 0 Å². The van der Waals surface area contributed by atoms with Gasteiger partial charge < -0.3 is 25.2 Å². The van der Waals surface area contributed by atoms with E-state index in [1.165, 1.54) is 6.07 Å². The summed E-state index contributed by atoms with van der Waals surface area (Å²) in [5, 5.41) is 0. The molecule has 32 heavy (non-hydrogen) atoms. The molecule has 0 bridgehead atoms. The number of anilines is 2. The summed E-state index contributed by atoms with van der Waals surface area (Å²) in [6.45, 7) is 2.45. The molecule has 1 unspecified atom stereocenters. The van der Waals surface area contributed by atoms with Crippen molar-refractivity contribution in [3.63, 3.8) is 0 Å². The highest BCUT2D eigenvalue weighted by molar-refractivity contribution is 5.96. The fourth-order valence-electron chi connectivity index (χ4n) is 4.30. The van der Waals surface area contributed by atoms with Crippen LogP contribution in [0.4, 0.5) is 20.6 Å². The SMILES string of the molecule is CN1CN(C2CCN(c3ccc(C(=O)OCc4ccccc4)c(N)c3F)C2)CN(C)C1=O. The van der Waals surface area contributed by atoms with Crippen LogP contribution in [0.5, 0.6) is 0 Å². The van der Waals surface area contributed by atoms with Crippen LogP contribution >= 0.6 is 0 Å². The van der Waals surface area contributed by atoms with E-state index in [2.05, 4.69) is 4.90 Å². The van der Waals surface area contributed by atoms with Gasteiger partial charge in [-0.25, -0.2) is 14.0 Å². The summed E-state index contributed by atoms with van der Waals surface area (Å²) in [6.07, 6.45) is 0.843. The minimum Gasteiger partial charge on any atom is -0.457 e. The normalized spacial score (nSPS) is 19.5. The number of urea groups is 1. The highest BCUT2D eigenvalue weighted by Crippen LogP contribution is 2.31. The molecule has 0 saturated carbocycles. The van der Waals surface area contributed by atoms with E-state index in [0.717, 1.165) is 12.0 Å². The van der Waals surface area contributed by atoms with Crippen molar-refractivity contribution in [2.24, 2.45) is 0 Å². The molecule has 4 rings (SSSR count). The third-order valence-corrected chi connectivity index (χ3v) is 6.05. The topological polar surface area (TPSA) is 82.3 Å². The Kier molecular flexibility index (Phi) is 6.18. The van der Waals surface area contributed by atoms with Crippen LogP contribution in [0.1, 0.15) is 22.3 Å². The van der Waals surface area contributed by atoms with Gasteiger partial charge in [0.2, 0.25) is 0 Å². The van der Waals surface area contributed by atoms with Crippen LogP contribution in [0.25, 0.3) is 0 Å². The molecule has 0 spiro atoms. The average molecular weight is 442 g/mol. The predicted molar refractivity (Wildman–Crippen MR) is 119 cm³/mol. The molecule has 2 N–H and O–H groups in total. The van der Waals surface area contributed by atoms with Crippen molar-refractivity contribution in [1.29, 1.82) is 0 Å². The smallest absolute Gasteiger partial charge is 0.340 e. The Hall–Kier alpha value is -3.33. The molecule has 2 aliphatic rings. The van der Waals surface area contributed by atoms with Crippen molar-refractivity contribution in [1.82, 2.24) is 14.7 Å². The quantitative estimate of drug-likeness (QED) is 0.567. The van der Waals surface area contributed by atoms with Gasteiger partial charge in [0.15, 0.2) is 5.82 Å². The third kappa shape index (κ3) is 4.34. The van der Waals surface area contributed by atoms with Crippen LogP contribution < -0.4 is 10.6 Å². The lowest BCUT2D eigenvalue weighted by Gasteiger charge is -2.41. The molecule has 9 heteroatoms. The van der Waals surface area contributed by atoms with Crippen molar-refractivity contribution in [2.45, 2.75) is 19.1 Å². The predicted octanol–water partition coefficient (Wildman–Crippen LogP) is 2.56. The van der Waals surface area contributed by atoms with E-state index in [4.69, 9.17) is 10.5 Å². The standard InChI is InChI=1S/C23H28FN5O3/c1-26-14-29(15-27(2)23(26)31)17-10-11-28(12-17)19-9-8-18(21(25)20(19)24)22(30)32-13-16-6-4-3-5-7-16/h3-9,17H,10-15,25H2,1-2H3.